The number of aryl methyl sites for hydroxylation is 1. The van der Waals surface area contributed by atoms with E-state index in [2.05, 4.69) is 23.8 Å². The minimum Gasteiger partial charge on any atom is -0.353 e. The third-order valence-corrected chi connectivity index (χ3v) is 8.03. The zero-order valence-corrected chi connectivity index (χ0v) is 18.4. The van der Waals surface area contributed by atoms with Crippen LogP contribution in [0, 0.1) is 24.2 Å². The van der Waals surface area contributed by atoms with Gasteiger partial charge in [0.25, 0.3) is 10.0 Å². The molecule has 0 radical (unpaired) electrons. The van der Waals surface area contributed by atoms with E-state index in [4.69, 9.17) is 9.47 Å². The maximum absolute atomic E-state index is 12.6. The molecule has 0 aromatic heterocycles. The van der Waals surface area contributed by atoms with Gasteiger partial charge in [0, 0.05) is 18.2 Å². The average molecular weight is 421 g/mol. The van der Waals surface area contributed by atoms with Crippen molar-refractivity contribution in [2.45, 2.75) is 76.6 Å². The second-order valence-electron chi connectivity index (χ2n) is 9.42. The maximum Gasteiger partial charge on any atom is 0.276 e. The van der Waals surface area contributed by atoms with Crippen molar-refractivity contribution in [3.8, 4) is 0 Å². The highest BCUT2D eigenvalue weighted by atomic mass is 32.2. The van der Waals surface area contributed by atoms with Crippen molar-refractivity contribution in [2.75, 3.05) is 6.61 Å². The van der Waals surface area contributed by atoms with Gasteiger partial charge in [0.1, 0.15) is 0 Å². The van der Waals surface area contributed by atoms with Crippen LogP contribution in [0.3, 0.4) is 0 Å². The summed E-state index contributed by atoms with van der Waals surface area (Å²) in [6.07, 6.45) is 5.84. The van der Waals surface area contributed by atoms with Gasteiger partial charge in [-0.2, -0.15) is 13.5 Å². The van der Waals surface area contributed by atoms with Crippen molar-refractivity contribution in [3.05, 3.63) is 29.8 Å². The molecule has 0 spiro atoms. The molecule has 4 fully saturated rings. The summed E-state index contributed by atoms with van der Waals surface area (Å²) in [4.78, 5) is 2.71. The lowest BCUT2D eigenvalue weighted by Crippen LogP contribution is -2.52. The number of sulfonamides is 1. The molecule has 1 saturated heterocycles. The SMILES string of the molecule is Cc1ccc(S(=O)(=O)NN=C2C[C@H]3C[C@H](O[C@@H]4CCCCO4)[C@H]2CC3(C)C)cc1. The summed E-state index contributed by atoms with van der Waals surface area (Å²) in [5.41, 5.74) is 2.15. The van der Waals surface area contributed by atoms with Crippen molar-refractivity contribution >= 4 is 15.7 Å². The largest absolute Gasteiger partial charge is 0.353 e. The van der Waals surface area contributed by atoms with Gasteiger partial charge >= 0.3 is 0 Å². The molecule has 160 valence electrons. The fourth-order valence-corrected chi connectivity index (χ4v) is 5.74. The topological polar surface area (TPSA) is 77.0 Å². The first-order valence-corrected chi connectivity index (χ1v) is 12.1. The molecular formula is C22H32N2O4S. The van der Waals surface area contributed by atoms with Crippen LogP contribution < -0.4 is 4.83 Å². The molecule has 5 rings (SSSR count). The van der Waals surface area contributed by atoms with Crippen LogP contribution in [-0.4, -0.2) is 33.1 Å². The highest BCUT2D eigenvalue weighted by Gasteiger charge is 2.50. The molecule has 6 nitrogen and oxygen atoms in total. The van der Waals surface area contributed by atoms with Crippen LogP contribution in [0.1, 0.15) is 57.9 Å². The fourth-order valence-electron chi connectivity index (χ4n) is 4.91. The highest BCUT2D eigenvalue weighted by Crippen LogP contribution is 2.52. The van der Waals surface area contributed by atoms with Crippen LogP contribution in [0.15, 0.2) is 34.3 Å². The van der Waals surface area contributed by atoms with Gasteiger partial charge in [-0.05, 0) is 68.9 Å². The second kappa shape index (κ2) is 8.00. The van der Waals surface area contributed by atoms with E-state index in [9.17, 15) is 8.42 Å². The molecule has 0 amide bonds. The zero-order chi connectivity index (χ0) is 20.6. The predicted octanol–water partition coefficient (Wildman–Crippen LogP) is 4.00. The molecule has 2 bridgehead atoms. The molecule has 1 N–H and O–H groups in total. The van der Waals surface area contributed by atoms with Gasteiger partial charge in [0.2, 0.25) is 0 Å². The van der Waals surface area contributed by atoms with E-state index < -0.39 is 10.0 Å². The molecule has 29 heavy (non-hydrogen) atoms. The molecule has 1 aromatic rings. The minimum atomic E-state index is -3.67. The number of rotatable bonds is 5. The Bertz CT molecular complexity index is 857. The first-order chi connectivity index (χ1) is 13.7. The van der Waals surface area contributed by atoms with Crippen LogP contribution in [0.5, 0.6) is 0 Å². The third kappa shape index (κ3) is 4.52. The van der Waals surface area contributed by atoms with Crippen molar-refractivity contribution < 1.29 is 17.9 Å². The van der Waals surface area contributed by atoms with Crippen molar-refractivity contribution in [1.29, 1.82) is 0 Å². The van der Waals surface area contributed by atoms with E-state index in [0.717, 1.165) is 56.4 Å². The summed E-state index contributed by atoms with van der Waals surface area (Å²) in [5.74, 6) is 0.560. The Balaban J connectivity index is 1.51. The van der Waals surface area contributed by atoms with E-state index in [1.165, 1.54) is 0 Å². The quantitative estimate of drug-likeness (QED) is 0.731. The van der Waals surface area contributed by atoms with Crippen molar-refractivity contribution in [3.63, 3.8) is 0 Å². The lowest BCUT2D eigenvalue weighted by atomic mass is 9.56. The summed E-state index contributed by atoms with van der Waals surface area (Å²) >= 11 is 0. The van der Waals surface area contributed by atoms with Gasteiger partial charge < -0.3 is 9.47 Å². The Labute approximate surface area is 174 Å². The monoisotopic (exact) mass is 420 g/mol. The van der Waals surface area contributed by atoms with E-state index in [1.807, 2.05) is 6.92 Å². The number of hydrogen-bond acceptors (Lipinski definition) is 5. The van der Waals surface area contributed by atoms with Gasteiger partial charge in [-0.15, -0.1) is 0 Å². The Morgan fingerprint density at radius 3 is 2.62 bits per heavy atom. The van der Waals surface area contributed by atoms with E-state index >= 15 is 0 Å². The van der Waals surface area contributed by atoms with E-state index in [0.29, 0.717) is 5.92 Å². The van der Waals surface area contributed by atoms with Crippen LogP contribution in [0.4, 0.5) is 0 Å². The number of hydrazone groups is 1. The molecule has 4 aliphatic rings. The van der Waals surface area contributed by atoms with Gasteiger partial charge in [-0.3, -0.25) is 0 Å². The van der Waals surface area contributed by atoms with Crippen molar-refractivity contribution in [2.24, 2.45) is 22.4 Å². The Morgan fingerprint density at radius 2 is 1.97 bits per heavy atom. The van der Waals surface area contributed by atoms with Crippen LogP contribution in [-0.2, 0) is 19.5 Å². The molecule has 1 aliphatic heterocycles. The molecule has 3 aliphatic carbocycles. The van der Waals surface area contributed by atoms with Crippen LogP contribution >= 0.6 is 0 Å². The predicted molar refractivity (Wildman–Crippen MR) is 112 cm³/mol. The maximum atomic E-state index is 12.6. The molecule has 1 heterocycles. The molecule has 3 saturated carbocycles. The van der Waals surface area contributed by atoms with Gasteiger partial charge in [-0.1, -0.05) is 31.5 Å². The minimum absolute atomic E-state index is 0.0486. The number of nitrogens with zero attached hydrogens (tertiary/aromatic N) is 1. The Morgan fingerprint density at radius 1 is 1.21 bits per heavy atom. The van der Waals surface area contributed by atoms with Gasteiger partial charge in [-0.25, -0.2) is 4.83 Å². The fraction of sp³-hybridized carbons (Fsp3) is 0.682. The lowest BCUT2D eigenvalue weighted by molar-refractivity contribution is -0.211. The van der Waals surface area contributed by atoms with Crippen LogP contribution in [0.25, 0.3) is 0 Å². The first-order valence-electron chi connectivity index (χ1n) is 10.7. The molecular weight excluding hydrogens is 388 g/mol. The van der Waals surface area contributed by atoms with Crippen molar-refractivity contribution in [1.82, 2.24) is 4.83 Å². The summed E-state index contributed by atoms with van der Waals surface area (Å²) in [6.45, 7) is 7.28. The lowest BCUT2D eigenvalue weighted by Gasteiger charge is -2.52. The van der Waals surface area contributed by atoms with E-state index in [1.54, 1.807) is 24.3 Å². The van der Waals surface area contributed by atoms with Gasteiger partial charge in [0.15, 0.2) is 6.29 Å². The summed E-state index contributed by atoms with van der Waals surface area (Å²) in [5, 5.41) is 4.40. The Hall–Kier alpha value is -1.44. The second-order valence-corrected chi connectivity index (χ2v) is 11.1. The van der Waals surface area contributed by atoms with Crippen LogP contribution in [0.2, 0.25) is 0 Å². The van der Waals surface area contributed by atoms with E-state index in [-0.39, 0.29) is 28.6 Å². The summed E-state index contributed by atoms with van der Waals surface area (Å²) in [7, 11) is -3.67. The number of fused-ring (bicyclic) bond motifs is 3. The normalized spacial score (nSPS) is 33.0. The number of hydrogen-bond donors (Lipinski definition) is 1. The molecule has 1 aromatic carbocycles. The molecule has 4 atom stereocenters. The number of benzene rings is 1. The summed E-state index contributed by atoms with van der Waals surface area (Å²) < 4.78 is 37.4. The first kappa shape index (κ1) is 20.8. The molecule has 7 heteroatoms. The highest BCUT2D eigenvalue weighted by molar-refractivity contribution is 7.89. The summed E-state index contributed by atoms with van der Waals surface area (Å²) in [6, 6.07) is 6.81. The third-order valence-electron chi connectivity index (χ3n) is 6.81. The van der Waals surface area contributed by atoms with Gasteiger partial charge in [0.05, 0.1) is 11.0 Å². The average Bonchev–Trinajstić information content (AvgIpc) is 2.68. The smallest absolute Gasteiger partial charge is 0.276 e. The number of ether oxygens (including phenoxy) is 2. The standard InChI is InChI=1S/C22H32N2O4S/c1-15-7-9-17(10-8-15)29(25,26)24-23-19-12-16-13-20(18(19)14-22(16,2)3)28-21-6-4-5-11-27-21/h7-10,16,18,20-21,24H,4-6,11-14H2,1-3H3/t16-,18-,20-,21+/m0/s1. The number of nitrogens with one attached hydrogen (secondary N) is 1. The molecule has 0 unspecified atom stereocenters. The Kier molecular flexibility index (Phi) is 5.75. The zero-order valence-electron chi connectivity index (χ0n) is 17.6.